The van der Waals surface area contributed by atoms with Crippen LogP contribution in [0.2, 0.25) is 0 Å². The molecule has 2 aromatic rings. The molecule has 1 atom stereocenters. The van der Waals surface area contributed by atoms with Gasteiger partial charge in [-0.05, 0) is 43.2 Å². The quantitative estimate of drug-likeness (QED) is 0.864. The standard InChI is InChI=1S/C20H20N2O4/c1-3-26-16-8-6-15(7-9-16)18-17(13(2)23)19(24)20(25)22(18)12-14-5-4-10-21-11-14/h4-11,18,24H,3,12H2,1-2H3/t18-/m0/s1. The number of hydrogen-bond donors (Lipinski definition) is 1. The Labute approximate surface area is 151 Å². The number of aliphatic hydroxyl groups is 1. The summed E-state index contributed by atoms with van der Waals surface area (Å²) in [4.78, 5) is 30.3. The molecule has 0 saturated carbocycles. The van der Waals surface area contributed by atoms with E-state index >= 15 is 0 Å². The van der Waals surface area contributed by atoms with Gasteiger partial charge in [-0.3, -0.25) is 14.6 Å². The molecule has 1 aliphatic rings. The second kappa shape index (κ2) is 7.39. The normalized spacial score (nSPS) is 16.9. The molecule has 6 nitrogen and oxygen atoms in total. The van der Waals surface area contributed by atoms with Gasteiger partial charge in [0.2, 0.25) is 0 Å². The van der Waals surface area contributed by atoms with E-state index in [1.54, 1.807) is 42.7 Å². The first kappa shape index (κ1) is 17.7. The van der Waals surface area contributed by atoms with Crippen molar-refractivity contribution in [3.05, 3.63) is 71.3 Å². The topological polar surface area (TPSA) is 79.7 Å². The highest BCUT2D eigenvalue weighted by atomic mass is 16.5. The monoisotopic (exact) mass is 352 g/mol. The molecule has 1 aromatic heterocycles. The predicted octanol–water partition coefficient (Wildman–Crippen LogP) is 2.96. The van der Waals surface area contributed by atoms with Crippen molar-refractivity contribution in [2.45, 2.75) is 26.4 Å². The van der Waals surface area contributed by atoms with E-state index in [0.717, 1.165) is 11.1 Å². The van der Waals surface area contributed by atoms with E-state index < -0.39 is 17.7 Å². The van der Waals surface area contributed by atoms with E-state index in [0.29, 0.717) is 12.4 Å². The second-order valence-electron chi connectivity index (χ2n) is 6.02. The zero-order valence-corrected chi connectivity index (χ0v) is 14.7. The van der Waals surface area contributed by atoms with Crippen LogP contribution in [0.1, 0.15) is 31.0 Å². The van der Waals surface area contributed by atoms with Crippen LogP contribution in [0, 0.1) is 0 Å². The van der Waals surface area contributed by atoms with Gasteiger partial charge in [-0.1, -0.05) is 18.2 Å². The van der Waals surface area contributed by atoms with E-state index in [2.05, 4.69) is 4.98 Å². The Bertz CT molecular complexity index is 844. The summed E-state index contributed by atoms with van der Waals surface area (Å²) in [6.45, 7) is 4.04. The molecule has 0 unspecified atom stereocenters. The average Bonchev–Trinajstić information content (AvgIpc) is 2.89. The molecule has 0 bridgehead atoms. The smallest absolute Gasteiger partial charge is 0.290 e. The Hall–Kier alpha value is -3.15. The van der Waals surface area contributed by atoms with Crippen molar-refractivity contribution in [1.82, 2.24) is 9.88 Å². The van der Waals surface area contributed by atoms with Crippen molar-refractivity contribution in [3.63, 3.8) is 0 Å². The summed E-state index contributed by atoms with van der Waals surface area (Å²) in [5.74, 6) is -0.668. The number of benzene rings is 1. The largest absolute Gasteiger partial charge is 0.503 e. The van der Waals surface area contributed by atoms with E-state index in [4.69, 9.17) is 4.74 Å². The Balaban J connectivity index is 1.99. The fourth-order valence-corrected chi connectivity index (χ4v) is 3.12. The number of amides is 1. The lowest BCUT2D eigenvalue weighted by molar-refractivity contribution is -0.130. The lowest BCUT2D eigenvalue weighted by Gasteiger charge is -2.26. The molecule has 0 saturated heterocycles. The second-order valence-corrected chi connectivity index (χ2v) is 6.02. The highest BCUT2D eigenvalue weighted by Gasteiger charge is 2.42. The number of nitrogens with zero attached hydrogens (tertiary/aromatic N) is 2. The van der Waals surface area contributed by atoms with Crippen molar-refractivity contribution in [1.29, 1.82) is 0 Å². The van der Waals surface area contributed by atoms with Gasteiger partial charge in [0.1, 0.15) is 5.75 Å². The maximum atomic E-state index is 12.6. The summed E-state index contributed by atoms with van der Waals surface area (Å²) < 4.78 is 5.45. The van der Waals surface area contributed by atoms with Crippen molar-refractivity contribution in [2.75, 3.05) is 6.61 Å². The van der Waals surface area contributed by atoms with Gasteiger partial charge in [0.15, 0.2) is 11.5 Å². The van der Waals surface area contributed by atoms with Gasteiger partial charge in [-0.15, -0.1) is 0 Å². The van der Waals surface area contributed by atoms with Gasteiger partial charge < -0.3 is 14.7 Å². The molecular formula is C20H20N2O4. The molecular weight excluding hydrogens is 332 g/mol. The zero-order chi connectivity index (χ0) is 18.7. The number of aliphatic hydroxyl groups excluding tert-OH is 1. The van der Waals surface area contributed by atoms with Crippen LogP contribution in [0.4, 0.5) is 0 Å². The van der Waals surface area contributed by atoms with Crippen LogP contribution in [0.5, 0.6) is 5.75 Å². The fraction of sp³-hybridized carbons (Fsp3) is 0.250. The van der Waals surface area contributed by atoms with Crippen LogP contribution in [-0.2, 0) is 16.1 Å². The summed E-state index contributed by atoms with van der Waals surface area (Å²) >= 11 is 0. The first-order valence-corrected chi connectivity index (χ1v) is 8.39. The summed E-state index contributed by atoms with van der Waals surface area (Å²) in [6, 6.07) is 10.2. The van der Waals surface area contributed by atoms with Crippen molar-refractivity contribution >= 4 is 11.7 Å². The molecule has 0 aliphatic carbocycles. The number of carbonyl (C=O) groups is 2. The molecule has 2 heterocycles. The molecule has 1 aliphatic heterocycles. The van der Waals surface area contributed by atoms with E-state index in [1.165, 1.54) is 11.8 Å². The third kappa shape index (κ3) is 3.31. The maximum Gasteiger partial charge on any atom is 0.290 e. The number of aromatic nitrogens is 1. The molecule has 0 fully saturated rings. The summed E-state index contributed by atoms with van der Waals surface area (Å²) in [6.07, 6.45) is 3.31. The molecule has 134 valence electrons. The van der Waals surface area contributed by atoms with Gasteiger partial charge in [0.05, 0.1) is 18.2 Å². The van der Waals surface area contributed by atoms with E-state index in [-0.39, 0.29) is 17.9 Å². The number of pyridine rings is 1. The van der Waals surface area contributed by atoms with Gasteiger partial charge in [0.25, 0.3) is 5.91 Å². The van der Waals surface area contributed by atoms with Gasteiger partial charge >= 0.3 is 0 Å². The number of ketones is 1. The Kier molecular flexibility index (Phi) is 5.02. The van der Waals surface area contributed by atoms with Gasteiger partial charge in [-0.25, -0.2) is 0 Å². The predicted molar refractivity (Wildman–Crippen MR) is 95.5 cm³/mol. The van der Waals surface area contributed by atoms with Gasteiger partial charge in [-0.2, -0.15) is 0 Å². The van der Waals surface area contributed by atoms with Crippen LogP contribution in [0.25, 0.3) is 0 Å². The number of ether oxygens (including phenoxy) is 1. The molecule has 26 heavy (non-hydrogen) atoms. The first-order chi connectivity index (χ1) is 12.5. The molecule has 3 rings (SSSR count). The van der Waals surface area contributed by atoms with Crippen molar-refractivity contribution in [2.24, 2.45) is 0 Å². The van der Waals surface area contributed by atoms with Crippen molar-refractivity contribution < 1.29 is 19.4 Å². The Morgan fingerprint density at radius 2 is 2.00 bits per heavy atom. The number of carbonyl (C=O) groups excluding carboxylic acids is 2. The first-order valence-electron chi connectivity index (χ1n) is 8.39. The van der Waals surface area contributed by atoms with E-state index in [9.17, 15) is 14.7 Å². The molecule has 0 radical (unpaired) electrons. The van der Waals surface area contributed by atoms with Crippen LogP contribution < -0.4 is 4.74 Å². The maximum absolute atomic E-state index is 12.6. The summed E-state index contributed by atoms with van der Waals surface area (Å²) in [5.41, 5.74) is 1.66. The van der Waals surface area contributed by atoms with Crippen LogP contribution in [0.3, 0.4) is 0 Å². The summed E-state index contributed by atoms with van der Waals surface area (Å²) in [7, 11) is 0. The number of hydrogen-bond acceptors (Lipinski definition) is 5. The number of Topliss-reactive ketones (excluding diaryl/α,β-unsaturated/α-hetero) is 1. The number of rotatable bonds is 6. The Morgan fingerprint density at radius 3 is 2.58 bits per heavy atom. The molecule has 1 amide bonds. The zero-order valence-electron chi connectivity index (χ0n) is 14.7. The third-order valence-corrected chi connectivity index (χ3v) is 4.27. The minimum absolute atomic E-state index is 0.114. The molecule has 1 N–H and O–H groups in total. The highest BCUT2D eigenvalue weighted by Crippen LogP contribution is 2.39. The van der Waals surface area contributed by atoms with Crippen molar-refractivity contribution in [3.8, 4) is 5.75 Å². The SMILES string of the molecule is CCOc1ccc([C@H]2C(C(C)=O)=C(O)C(=O)N2Cc2cccnc2)cc1. The van der Waals surface area contributed by atoms with Crippen LogP contribution in [-0.4, -0.2) is 33.3 Å². The molecule has 1 aromatic carbocycles. The van der Waals surface area contributed by atoms with Gasteiger partial charge in [0, 0.05) is 18.9 Å². The molecule has 6 heteroatoms. The van der Waals surface area contributed by atoms with Crippen LogP contribution in [0.15, 0.2) is 60.1 Å². The third-order valence-electron chi connectivity index (χ3n) is 4.27. The Morgan fingerprint density at radius 1 is 1.27 bits per heavy atom. The van der Waals surface area contributed by atoms with Crippen LogP contribution >= 0.6 is 0 Å². The summed E-state index contributed by atoms with van der Waals surface area (Å²) in [5, 5.41) is 10.3. The fourth-order valence-electron chi connectivity index (χ4n) is 3.12. The minimum atomic E-state index is -0.643. The van der Waals surface area contributed by atoms with E-state index in [1.807, 2.05) is 13.0 Å². The molecule has 0 spiro atoms. The minimum Gasteiger partial charge on any atom is -0.503 e. The lowest BCUT2D eigenvalue weighted by Crippen LogP contribution is -2.30. The highest BCUT2D eigenvalue weighted by molar-refractivity contribution is 6.08. The average molecular weight is 352 g/mol. The lowest BCUT2D eigenvalue weighted by atomic mass is 9.96.